The first-order valence-electron chi connectivity index (χ1n) is 8.78. The Bertz CT molecular complexity index is 976. The van der Waals surface area contributed by atoms with Crippen LogP contribution in [0.5, 0.6) is 0 Å². The monoisotopic (exact) mass is 435 g/mol. The van der Waals surface area contributed by atoms with Crippen LogP contribution in [0.2, 0.25) is 0 Å². The number of carbonyl (C=O) groups excluding carboxylic acids is 1. The Morgan fingerprint density at radius 2 is 1.93 bits per heavy atom. The van der Waals surface area contributed by atoms with E-state index in [1.54, 1.807) is 18.2 Å². The third-order valence-corrected chi connectivity index (χ3v) is 5.15. The van der Waals surface area contributed by atoms with Crippen LogP contribution in [-0.2, 0) is 18.4 Å². The molecule has 0 bridgehead atoms. The van der Waals surface area contributed by atoms with Gasteiger partial charge < -0.3 is 16.0 Å². The maximum atomic E-state index is 12.9. The number of anilines is 3. The van der Waals surface area contributed by atoms with Crippen LogP contribution < -0.4 is 27.2 Å². The normalized spacial score (nSPS) is 14.2. The van der Waals surface area contributed by atoms with Gasteiger partial charge in [0.25, 0.3) is 5.56 Å². The molecule has 1 aliphatic rings. The number of rotatable bonds is 4. The summed E-state index contributed by atoms with van der Waals surface area (Å²) in [5.41, 5.74) is 5.80. The minimum absolute atomic E-state index is 0.135. The van der Waals surface area contributed by atoms with E-state index in [0.717, 1.165) is 28.3 Å². The average molecular weight is 436 g/mol. The fourth-order valence-electron chi connectivity index (χ4n) is 3.23. The van der Waals surface area contributed by atoms with Gasteiger partial charge in [0, 0.05) is 30.3 Å². The lowest BCUT2D eigenvalue weighted by Crippen LogP contribution is -2.46. The van der Waals surface area contributed by atoms with Gasteiger partial charge in [0.2, 0.25) is 5.91 Å². The molecule has 3 N–H and O–H groups in total. The number of amides is 1. The van der Waals surface area contributed by atoms with E-state index in [0.29, 0.717) is 24.5 Å². The molecule has 1 aromatic carbocycles. The largest absolute Gasteiger partial charge is 0.383 e. The SMILES string of the molecule is Cn1c(N)c(N2CCCCC2)c(=O)n(CC(=O)Nc2cccc(Br)c2)c1=O. The van der Waals surface area contributed by atoms with Crippen LogP contribution in [0.3, 0.4) is 0 Å². The summed E-state index contributed by atoms with van der Waals surface area (Å²) < 4.78 is 2.97. The minimum Gasteiger partial charge on any atom is -0.383 e. The van der Waals surface area contributed by atoms with E-state index in [1.807, 2.05) is 11.0 Å². The Morgan fingerprint density at radius 1 is 1.22 bits per heavy atom. The summed E-state index contributed by atoms with van der Waals surface area (Å²) in [6, 6.07) is 7.08. The number of aromatic nitrogens is 2. The third kappa shape index (κ3) is 4.08. The molecule has 0 atom stereocenters. The lowest BCUT2D eigenvalue weighted by atomic mass is 10.1. The van der Waals surface area contributed by atoms with Gasteiger partial charge in [0.1, 0.15) is 18.1 Å². The zero-order chi connectivity index (χ0) is 19.6. The van der Waals surface area contributed by atoms with Gasteiger partial charge in [-0.15, -0.1) is 0 Å². The fraction of sp³-hybridized carbons (Fsp3) is 0.389. The molecule has 0 unspecified atom stereocenters. The van der Waals surface area contributed by atoms with E-state index in [4.69, 9.17) is 5.73 Å². The molecule has 0 saturated carbocycles. The van der Waals surface area contributed by atoms with Gasteiger partial charge in [-0.3, -0.25) is 14.2 Å². The first kappa shape index (κ1) is 19.2. The lowest BCUT2D eigenvalue weighted by Gasteiger charge is -2.29. The Hall–Kier alpha value is -2.55. The number of nitrogen functional groups attached to an aromatic ring is 1. The summed E-state index contributed by atoms with van der Waals surface area (Å²) in [6.07, 6.45) is 3.03. The van der Waals surface area contributed by atoms with Gasteiger partial charge in [-0.2, -0.15) is 0 Å². The summed E-state index contributed by atoms with van der Waals surface area (Å²) >= 11 is 3.33. The second-order valence-electron chi connectivity index (χ2n) is 6.57. The molecule has 2 heterocycles. The number of nitrogens with two attached hydrogens (primary N) is 1. The number of halogens is 1. The van der Waals surface area contributed by atoms with Crippen molar-refractivity contribution in [2.45, 2.75) is 25.8 Å². The highest BCUT2D eigenvalue weighted by atomic mass is 79.9. The fourth-order valence-corrected chi connectivity index (χ4v) is 3.63. The summed E-state index contributed by atoms with van der Waals surface area (Å²) in [7, 11) is 1.51. The lowest BCUT2D eigenvalue weighted by molar-refractivity contribution is -0.116. The van der Waals surface area contributed by atoms with Crippen molar-refractivity contribution < 1.29 is 4.79 Å². The molecule has 3 rings (SSSR count). The van der Waals surface area contributed by atoms with Crippen LogP contribution in [0, 0.1) is 0 Å². The molecular formula is C18H22BrN5O3. The van der Waals surface area contributed by atoms with Crippen molar-refractivity contribution in [3.63, 3.8) is 0 Å². The smallest absolute Gasteiger partial charge is 0.332 e. The highest BCUT2D eigenvalue weighted by molar-refractivity contribution is 9.10. The van der Waals surface area contributed by atoms with Crippen LogP contribution in [0.15, 0.2) is 38.3 Å². The Morgan fingerprint density at radius 3 is 2.59 bits per heavy atom. The summed E-state index contributed by atoms with van der Waals surface area (Å²) in [6.45, 7) is 1.04. The van der Waals surface area contributed by atoms with Crippen molar-refractivity contribution in [3.8, 4) is 0 Å². The molecule has 1 amide bonds. The van der Waals surface area contributed by atoms with Crippen LogP contribution in [0.1, 0.15) is 19.3 Å². The van der Waals surface area contributed by atoms with Crippen LogP contribution >= 0.6 is 15.9 Å². The van der Waals surface area contributed by atoms with Crippen LogP contribution in [0.25, 0.3) is 0 Å². The van der Waals surface area contributed by atoms with E-state index < -0.39 is 17.2 Å². The first-order valence-corrected chi connectivity index (χ1v) is 9.57. The van der Waals surface area contributed by atoms with Gasteiger partial charge in [0.15, 0.2) is 0 Å². The highest BCUT2D eigenvalue weighted by Gasteiger charge is 2.23. The summed E-state index contributed by atoms with van der Waals surface area (Å²) in [5, 5.41) is 2.70. The Balaban J connectivity index is 1.92. The number of carbonyl (C=O) groups is 1. The van der Waals surface area contributed by atoms with E-state index in [-0.39, 0.29) is 12.4 Å². The topological polar surface area (TPSA) is 102 Å². The zero-order valence-corrected chi connectivity index (χ0v) is 16.7. The highest BCUT2D eigenvalue weighted by Crippen LogP contribution is 2.21. The molecule has 9 heteroatoms. The molecule has 27 heavy (non-hydrogen) atoms. The van der Waals surface area contributed by atoms with E-state index in [2.05, 4.69) is 21.2 Å². The number of nitrogens with zero attached hydrogens (tertiary/aromatic N) is 3. The number of nitrogens with one attached hydrogen (secondary N) is 1. The molecule has 1 aliphatic heterocycles. The van der Waals surface area contributed by atoms with Gasteiger partial charge in [-0.25, -0.2) is 9.36 Å². The number of hydrogen-bond acceptors (Lipinski definition) is 5. The van der Waals surface area contributed by atoms with Crippen molar-refractivity contribution >= 4 is 39.0 Å². The predicted molar refractivity (Wildman–Crippen MR) is 109 cm³/mol. The molecule has 144 valence electrons. The molecule has 8 nitrogen and oxygen atoms in total. The maximum absolute atomic E-state index is 12.9. The van der Waals surface area contributed by atoms with E-state index in [9.17, 15) is 14.4 Å². The maximum Gasteiger partial charge on any atom is 0.332 e. The summed E-state index contributed by atoms with van der Waals surface area (Å²) in [5.74, 6) is -0.322. The van der Waals surface area contributed by atoms with Crippen molar-refractivity contribution in [3.05, 3.63) is 49.6 Å². The second-order valence-corrected chi connectivity index (χ2v) is 7.49. The first-order chi connectivity index (χ1) is 12.9. The number of hydrogen-bond donors (Lipinski definition) is 2. The zero-order valence-electron chi connectivity index (χ0n) is 15.1. The van der Waals surface area contributed by atoms with Crippen LogP contribution in [0.4, 0.5) is 17.2 Å². The second kappa shape index (κ2) is 7.99. The van der Waals surface area contributed by atoms with E-state index in [1.165, 1.54) is 11.6 Å². The molecule has 1 aromatic heterocycles. The molecule has 1 fully saturated rings. The van der Waals surface area contributed by atoms with Crippen LogP contribution in [-0.4, -0.2) is 28.1 Å². The van der Waals surface area contributed by atoms with E-state index >= 15 is 0 Å². The number of benzene rings is 1. The quantitative estimate of drug-likeness (QED) is 0.757. The predicted octanol–water partition coefficient (Wildman–Crippen LogP) is 1.52. The average Bonchev–Trinajstić information content (AvgIpc) is 2.65. The van der Waals surface area contributed by atoms with Crippen molar-refractivity contribution in [1.82, 2.24) is 9.13 Å². The van der Waals surface area contributed by atoms with Gasteiger partial charge in [-0.05, 0) is 37.5 Å². The summed E-state index contributed by atoms with van der Waals surface area (Å²) in [4.78, 5) is 39.8. The van der Waals surface area contributed by atoms with Crippen molar-refractivity contribution in [2.75, 3.05) is 29.0 Å². The van der Waals surface area contributed by atoms with Gasteiger partial charge in [0.05, 0.1) is 0 Å². The molecule has 0 spiro atoms. The van der Waals surface area contributed by atoms with Crippen molar-refractivity contribution in [1.29, 1.82) is 0 Å². The van der Waals surface area contributed by atoms with Gasteiger partial charge in [-0.1, -0.05) is 22.0 Å². The molecule has 0 aliphatic carbocycles. The standard InChI is InChI=1S/C18H22BrN5O3/c1-22-16(20)15(23-8-3-2-4-9-23)17(26)24(18(22)27)11-14(25)21-13-7-5-6-12(19)10-13/h5-7,10H,2-4,8-9,11,20H2,1H3,(H,21,25). The molecule has 0 radical (unpaired) electrons. The molecule has 1 saturated heterocycles. The Kier molecular flexibility index (Phi) is 5.69. The van der Waals surface area contributed by atoms with Crippen molar-refractivity contribution in [2.24, 2.45) is 7.05 Å². The molecular weight excluding hydrogens is 414 g/mol. The Labute approximate surface area is 164 Å². The third-order valence-electron chi connectivity index (χ3n) is 4.65. The van der Waals surface area contributed by atoms with Gasteiger partial charge >= 0.3 is 5.69 Å². The molecule has 2 aromatic rings. The number of piperidine rings is 1. The minimum atomic E-state index is -0.609.